The van der Waals surface area contributed by atoms with Gasteiger partial charge in [-0.3, -0.25) is 20.2 Å². The fourth-order valence-corrected chi connectivity index (χ4v) is 2.65. The standard InChI is InChI=1S/C15H15N5O5/c1-10-13(20(23)24)15(18-5-7-25-8-6-18)17-14(16-10)11-3-2-4-12(9-11)19(21)22/h2-4,9H,5-8H2,1H3. The van der Waals surface area contributed by atoms with E-state index in [-0.39, 0.29) is 28.7 Å². The van der Waals surface area contributed by atoms with E-state index in [2.05, 4.69) is 9.97 Å². The molecule has 2 aromatic rings. The van der Waals surface area contributed by atoms with E-state index in [0.29, 0.717) is 31.9 Å². The van der Waals surface area contributed by atoms with Crippen LogP contribution in [0.25, 0.3) is 11.4 Å². The second-order valence-corrected chi connectivity index (χ2v) is 5.47. The maximum atomic E-state index is 11.5. The zero-order valence-corrected chi connectivity index (χ0v) is 13.4. The Morgan fingerprint density at radius 1 is 1.12 bits per heavy atom. The molecule has 0 N–H and O–H groups in total. The van der Waals surface area contributed by atoms with Gasteiger partial charge in [0.25, 0.3) is 5.69 Å². The molecule has 1 aliphatic heterocycles. The molecule has 2 heterocycles. The lowest BCUT2D eigenvalue weighted by molar-refractivity contribution is -0.385. The Morgan fingerprint density at radius 3 is 2.48 bits per heavy atom. The number of hydrogen-bond donors (Lipinski definition) is 0. The molecule has 10 nitrogen and oxygen atoms in total. The molecule has 130 valence electrons. The molecular formula is C15H15N5O5. The van der Waals surface area contributed by atoms with Gasteiger partial charge in [0.15, 0.2) is 5.82 Å². The summed E-state index contributed by atoms with van der Waals surface area (Å²) in [6.45, 7) is 3.39. The molecule has 1 aliphatic rings. The average molecular weight is 345 g/mol. The third-order valence-electron chi connectivity index (χ3n) is 3.85. The molecule has 0 aliphatic carbocycles. The molecule has 0 unspecified atom stereocenters. The maximum Gasteiger partial charge on any atom is 0.332 e. The molecule has 0 atom stereocenters. The molecule has 3 rings (SSSR count). The number of nitro benzene ring substituents is 1. The number of aryl methyl sites for hydroxylation is 1. The van der Waals surface area contributed by atoms with E-state index in [1.165, 1.54) is 25.1 Å². The summed E-state index contributed by atoms with van der Waals surface area (Å²) in [5, 5.41) is 22.4. The third kappa shape index (κ3) is 3.38. The minimum absolute atomic E-state index is 0.0926. The summed E-state index contributed by atoms with van der Waals surface area (Å²) >= 11 is 0. The van der Waals surface area contributed by atoms with Crippen LogP contribution in [-0.4, -0.2) is 46.1 Å². The zero-order chi connectivity index (χ0) is 18.0. The summed E-state index contributed by atoms with van der Waals surface area (Å²) in [5.41, 5.74) is 0.394. The topological polar surface area (TPSA) is 125 Å². The number of nitrogens with zero attached hydrogens (tertiary/aromatic N) is 5. The van der Waals surface area contributed by atoms with Gasteiger partial charge < -0.3 is 9.64 Å². The Hall–Kier alpha value is -3.14. The molecule has 0 radical (unpaired) electrons. The zero-order valence-electron chi connectivity index (χ0n) is 13.4. The van der Waals surface area contributed by atoms with Crippen LogP contribution in [0, 0.1) is 27.2 Å². The summed E-state index contributed by atoms with van der Waals surface area (Å²) in [6, 6.07) is 5.88. The fraction of sp³-hybridized carbons (Fsp3) is 0.333. The van der Waals surface area contributed by atoms with Crippen molar-refractivity contribution in [2.45, 2.75) is 6.92 Å². The first-order valence-electron chi connectivity index (χ1n) is 7.58. The third-order valence-corrected chi connectivity index (χ3v) is 3.85. The molecule has 1 aromatic carbocycles. The molecule has 25 heavy (non-hydrogen) atoms. The highest BCUT2D eigenvalue weighted by Gasteiger charge is 2.28. The predicted molar refractivity (Wildman–Crippen MR) is 88.5 cm³/mol. The van der Waals surface area contributed by atoms with Crippen molar-refractivity contribution in [3.63, 3.8) is 0 Å². The van der Waals surface area contributed by atoms with E-state index in [1.807, 2.05) is 0 Å². The highest BCUT2D eigenvalue weighted by atomic mass is 16.6. The van der Waals surface area contributed by atoms with E-state index >= 15 is 0 Å². The van der Waals surface area contributed by atoms with Crippen molar-refractivity contribution in [1.29, 1.82) is 0 Å². The van der Waals surface area contributed by atoms with Crippen LogP contribution in [0.15, 0.2) is 24.3 Å². The van der Waals surface area contributed by atoms with Gasteiger partial charge in [0, 0.05) is 30.8 Å². The molecule has 0 amide bonds. The van der Waals surface area contributed by atoms with Gasteiger partial charge in [-0.2, -0.15) is 0 Å². The minimum atomic E-state index is -0.509. The molecule has 1 saturated heterocycles. The quantitative estimate of drug-likeness (QED) is 0.609. The van der Waals surface area contributed by atoms with Crippen LogP contribution in [0.2, 0.25) is 0 Å². The predicted octanol–water partition coefficient (Wildman–Crippen LogP) is 2.11. The highest BCUT2D eigenvalue weighted by Crippen LogP contribution is 2.32. The molecule has 0 saturated carbocycles. The smallest absolute Gasteiger partial charge is 0.332 e. The lowest BCUT2D eigenvalue weighted by Crippen LogP contribution is -2.37. The van der Waals surface area contributed by atoms with Gasteiger partial charge in [-0.25, -0.2) is 9.97 Å². The van der Waals surface area contributed by atoms with Gasteiger partial charge in [-0.05, 0) is 6.92 Å². The van der Waals surface area contributed by atoms with Crippen LogP contribution in [0.5, 0.6) is 0 Å². The van der Waals surface area contributed by atoms with E-state index in [0.717, 1.165) is 0 Å². The van der Waals surface area contributed by atoms with Crippen molar-refractivity contribution >= 4 is 17.2 Å². The second-order valence-electron chi connectivity index (χ2n) is 5.47. The Morgan fingerprint density at radius 2 is 1.84 bits per heavy atom. The van der Waals surface area contributed by atoms with Gasteiger partial charge in [-0.15, -0.1) is 0 Å². The monoisotopic (exact) mass is 345 g/mol. The number of rotatable bonds is 4. The van der Waals surface area contributed by atoms with Crippen LogP contribution in [-0.2, 0) is 4.74 Å². The molecule has 0 spiro atoms. The Labute approximate surface area is 142 Å². The van der Waals surface area contributed by atoms with Crippen LogP contribution in [0.3, 0.4) is 0 Å². The number of nitro groups is 2. The van der Waals surface area contributed by atoms with Crippen molar-refractivity contribution in [2.75, 3.05) is 31.2 Å². The van der Waals surface area contributed by atoms with Crippen LogP contribution < -0.4 is 4.90 Å². The summed E-state index contributed by atoms with van der Waals surface area (Å²) in [6.07, 6.45) is 0. The first kappa shape index (κ1) is 16.7. The van der Waals surface area contributed by atoms with Gasteiger partial charge >= 0.3 is 5.69 Å². The molecule has 1 fully saturated rings. The van der Waals surface area contributed by atoms with Gasteiger partial charge in [0.1, 0.15) is 5.69 Å². The maximum absolute atomic E-state index is 11.5. The number of aromatic nitrogens is 2. The first-order chi connectivity index (χ1) is 12.0. The molecule has 1 aromatic heterocycles. The second kappa shape index (κ2) is 6.77. The van der Waals surface area contributed by atoms with E-state index in [1.54, 1.807) is 11.0 Å². The van der Waals surface area contributed by atoms with Crippen molar-refractivity contribution in [1.82, 2.24) is 9.97 Å². The Balaban J connectivity index is 2.12. The summed E-state index contributed by atoms with van der Waals surface area (Å²) in [5.74, 6) is 0.426. The largest absolute Gasteiger partial charge is 0.378 e. The van der Waals surface area contributed by atoms with Gasteiger partial charge in [-0.1, -0.05) is 12.1 Å². The Kier molecular flexibility index (Phi) is 4.52. The van der Waals surface area contributed by atoms with E-state index in [9.17, 15) is 20.2 Å². The van der Waals surface area contributed by atoms with Gasteiger partial charge in [0.2, 0.25) is 5.82 Å². The highest BCUT2D eigenvalue weighted by molar-refractivity contribution is 5.67. The van der Waals surface area contributed by atoms with E-state index in [4.69, 9.17) is 4.74 Å². The summed E-state index contributed by atoms with van der Waals surface area (Å²) < 4.78 is 5.28. The lowest BCUT2D eigenvalue weighted by atomic mass is 10.2. The van der Waals surface area contributed by atoms with Crippen LogP contribution in [0.4, 0.5) is 17.2 Å². The SMILES string of the molecule is Cc1nc(-c2cccc([N+](=O)[O-])c2)nc(N2CCOCC2)c1[N+](=O)[O-]. The fourth-order valence-electron chi connectivity index (χ4n) is 2.65. The molecule has 0 bridgehead atoms. The number of hydrogen-bond acceptors (Lipinski definition) is 8. The molecular weight excluding hydrogens is 330 g/mol. The average Bonchev–Trinajstić information content (AvgIpc) is 2.61. The molecule has 10 heteroatoms. The summed E-state index contributed by atoms with van der Waals surface area (Å²) in [4.78, 5) is 31.7. The number of anilines is 1. The minimum Gasteiger partial charge on any atom is -0.378 e. The Bertz CT molecular complexity index is 835. The summed E-state index contributed by atoms with van der Waals surface area (Å²) in [7, 11) is 0. The van der Waals surface area contributed by atoms with Crippen LogP contribution in [0.1, 0.15) is 5.69 Å². The normalized spacial score (nSPS) is 14.4. The number of benzene rings is 1. The van der Waals surface area contributed by atoms with Crippen molar-refractivity contribution < 1.29 is 14.6 Å². The van der Waals surface area contributed by atoms with Crippen molar-refractivity contribution in [3.8, 4) is 11.4 Å². The number of ether oxygens (including phenoxy) is 1. The van der Waals surface area contributed by atoms with Crippen molar-refractivity contribution in [3.05, 3.63) is 50.2 Å². The van der Waals surface area contributed by atoms with Crippen molar-refractivity contribution in [2.24, 2.45) is 0 Å². The number of non-ortho nitro benzene ring substituents is 1. The number of morpholine rings is 1. The van der Waals surface area contributed by atoms with Crippen LogP contribution >= 0.6 is 0 Å². The first-order valence-corrected chi connectivity index (χ1v) is 7.58. The van der Waals surface area contributed by atoms with Gasteiger partial charge in [0.05, 0.1) is 23.1 Å². The van der Waals surface area contributed by atoms with E-state index < -0.39 is 9.85 Å². The lowest BCUT2D eigenvalue weighted by Gasteiger charge is -2.27.